The van der Waals surface area contributed by atoms with Crippen molar-refractivity contribution >= 4 is 31.9 Å². The summed E-state index contributed by atoms with van der Waals surface area (Å²) in [6, 6.07) is 3.41. The number of hydrogen-bond donors (Lipinski definition) is 0. The first-order chi connectivity index (χ1) is 6.69. The number of ether oxygens (including phenoxy) is 1. The van der Waals surface area contributed by atoms with Crippen molar-refractivity contribution in [1.82, 2.24) is 0 Å². The minimum Gasteiger partial charge on any atom is -0.492 e. The summed E-state index contributed by atoms with van der Waals surface area (Å²) in [5.41, 5.74) is 0.981. The van der Waals surface area contributed by atoms with Gasteiger partial charge >= 0.3 is 0 Å². The summed E-state index contributed by atoms with van der Waals surface area (Å²) in [4.78, 5) is 0. The van der Waals surface area contributed by atoms with Crippen molar-refractivity contribution in [2.75, 3.05) is 12.4 Å². The van der Waals surface area contributed by atoms with Gasteiger partial charge in [0, 0.05) is 5.33 Å². The fourth-order valence-corrected chi connectivity index (χ4v) is 2.15. The third-order valence-electron chi connectivity index (χ3n) is 1.86. The van der Waals surface area contributed by atoms with Crippen molar-refractivity contribution in [3.05, 3.63) is 28.0 Å². The summed E-state index contributed by atoms with van der Waals surface area (Å²) in [5, 5.41) is 0.929. The quantitative estimate of drug-likeness (QED) is 0.762. The van der Waals surface area contributed by atoms with Gasteiger partial charge in [0.2, 0.25) is 0 Å². The lowest BCUT2D eigenvalue weighted by Crippen LogP contribution is -1.93. The average Bonchev–Trinajstić information content (AvgIpc) is 2.14. The van der Waals surface area contributed by atoms with Gasteiger partial charge in [-0.15, -0.1) is 0 Å². The summed E-state index contributed by atoms with van der Waals surface area (Å²) in [6.07, 6.45) is 1.86. The topological polar surface area (TPSA) is 9.23 Å². The van der Waals surface area contributed by atoms with Crippen molar-refractivity contribution in [3.63, 3.8) is 0 Å². The van der Waals surface area contributed by atoms with E-state index in [1.54, 1.807) is 0 Å². The van der Waals surface area contributed by atoms with E-state index in [1.165, 1.54) is 13.2 Å². The van der Waals surface area contributed by atoms with Gasteiger partial charge in [-0.2, -0.15) is 0 Å². The fourth-order valence-electron chi connectivity index (χ4n) is 1.22. The van der Waals surface area contributed by atoms with E-state index in [-0.39, 0.29) is 11.6 Å². The molecule has 0 aliphatic heterocycles. The predicted molar refractivity (Wildman–Crippen MR) is 62.8 cm³/mol. The Labute approximate surface area is 99.9 Å². The van der Waals surface area contributed by atoms with Crippen LogP contribution in [-0.4, -0.2) is 12.4 Å². The zero-order chi connectivity index (χ0) is 10.6. The van der Waals surface area contributed by atoms with Gasteiger partial charge in [0.15, 0.2) is 11.6 Å². The van der Waals surface area contributed by atoms with Gasteiger partial charge in [-0.1, -0.05) is 15.9 Å². The van der Waals surface area contributed by atoms with Gasteiger partial charge in [0.1, 0.15) is 0 Å². The van der Waals surface area contributed by atoms with Crippen LogP contribution < -0.4 is 4.74 Å². The highest BCUT2D eigenvalue weighted by molar-refractivity contribution is 9.10. The maximum absolute atomic E-state index is 13.4. The highest BCUT2D eigenvalue weighted by Crippen LogP contribution is 2.29. The third kappa shape index (κ3) is 2.95. The smallest absolute Gasteiger partial charge is 0.168 e. The van der Waals surface area contributed by atoms with Crippen molar-refractivity contribution < 1.29 is 9.13 Å². The second-order valence-electron chi connectivity index (χ2n) is 2.89. The zero-order valence-electron chi connectivity index (χ0n) is 7.82. The van der Waals surface area contributed by atoms with E-state index >= 15 is 0 Å². The maximum Gasteiger partial charge on any atom is 0.168 e. The Bertz CT molecular complexity index is 292. The molecule has 0 atom stereocenters. The number of methoxy groups -OCH3 is 1. The molecule has 1 nitrogen and oxygen atoms in total. The third-order valence-corrected chi connectivity index (χ3v) is 3.01. The van der Waals surface area contributed by atoms with E-state index in [2.05, 4.69) is 31.9 Å². The summed E-state index contributed by atoms with van der Waals surface area (Å²) in [7, 11) is 1.46. The molecule has 0 N–H and O–H groups in total. The number of rotatable bonds is 4. The average molecular weight is 326 g/mol. The lowest BCUT2D eigenvalue weighted by molar-refractivity contribution is 0.383. The molecule has 0 bridgehead atoms. The van der Waals surface area contributed by atoms with E-state index in [0.29, 0.717) is 4.47 Å². The lowest BCUT2D eigenvalue weighted by atomic mass is 10.1. The van der Waals surface area contributed by atoms with Gasteiger partial charge in [0.25, 0.3) is 0 Å². The minimum atomic E-state index is -0.313. The highest BCUT2D eigenvalue weighted by Gasteiger charge is 2.08. The molecule has 78 valence electrons. The summed E-state index contributed by atoms with van der Waals surface area (Å²) < 4.78 is 18.9. The minimum absolute atomic E-state index is 0.271. The molecule has 0 saturated carbocycles. The van der Waals surface area contributed by atoms with Crippen LogP contribution in [0.4, 0.5) is 4.39 Å². The highest BCUT2D eigenvalue weighted by atomic mass is 79.9. The van der Waals surface area contributed by atoms with E-state index in [1.807, 2.05) is 6.07 Å². The first-order valence-electron chi connectivity index (χ1n) is 4.27. The van der Waals surface area contributed by atoms with Crippen molar-refractivity contribution in [2.45, 2.75) is 12.8 Å². The molecule has 0 amide bonds. The van der Waals surface area contributed by atoms with Crippen molar-refractivity contribution in [2.24, 2.45) is 0 Å². The van der Waals surface area contributed by atoms with Crippen LogP contribution in [0.1, 0.15) is 12.0 Å². The molecule has 0 radical (unpaired) electrons. The lowest BCUT2D eigenvalue weighted by Gasteiger charge is -2.07. The number of halogens is 3. The van der Waals surface area contributed by atoms with Crippen LogP contribution in [0, 0.1) is 5.82 Å². The summed E-state index contributed by atoms with van der Waals surface area (Å²) >= 11 is 6.62. The Balaban J connectivity index is 2.90. The summed E-state index contributed by atoms with van der Waals surface area (Å²) in [5.74, 6) is -0.0426. The molecule has 0 fully saturated rings. The standard InChI is InChI=1S/C10H11Br2FO/c1-14-10-8(12)5-7(3-2-4-11)6-9(10)13/h5-6H,2-4H2,1H3. The summed E-state index contributed by atoms with van der Waals surface area (Å²) in [6.45, 7) is 0. The van der Waals surface area contributed by atoms with Crippen LogP contribution in [0.15, 0.2) is 16.6 Å². The molecule has 0 aromatic heterocycles. The monoisotopic (exact) mass is 324 g/mol. The van der Waals surface area contributed by atoms with Crippen LogP contribution in [0.3, 0.4) is 0 Å². The molecule has 0 aliphatic rings. The van der Waals surface area contributed by atoms with E-state index in [4.69, 9.17) is 4.74 Å². The molecule has 0 saturated heterocycles. The number of aryl methyl sites for hydroxylation is 1. The molecule has 4 heteroatoms. The van der Waals surface area contributed by atoms with Gasteiger partial charge < -0.3 is 4.74 Å². The SMILES string of the molecule is COc1c(F)cc(CCCBr)cc1Br. The molecule has 0 spiro atoms. The second-order valence-corrected chi connectivity index (χ2v) is 4.53. The van der Waals surface area contributed by atoms with Crippen LogP contribution >= 0.6 is 31.9 Å². The molecule has 1 rings (SSSR count). The normalized spacial score (nSPS) is 10.3. The van der Waals surface area contributed by atoms with Crippen molar-refractivity contribution in [1.29, 1.82) is 0 Å². The van der Waals surface area contributed by atoms with E-state index in [0.717, 1.165) is 23.7 Å². The first kappa shape index (κ1) is 12.0. The second kappa shape index (κ2) is 5.71. The van der Waals surface area contributed by atoms with Crippen LogP contribution in [-0.2, 0) is 6.42 Å². The first-order valence-corrected chi connectivity index (χ1v) is 6.18. The van der Waals surface area contributed by atoms with Crippen LogP contribution in [0.2, 0.25) is 0 Å². The Morgan fingerprint density at radius 1 is 1.43 bits per heavy atom. The molecule has 1 aromatic carbocycles. The Morgan fingerprint density at radius 2 is 2.14 bits per heavy atom. The maximum atomic E-state index is 13.4. The Morgan fingerprint density at radius 3 is 2.64 bits per heavy atom. The molecular weight excluding hydrogens is 315 g/mol. The zero-order valence-corrected chi connectivity index (χ0v) is 11.0. The molecular formula is C10H11Br2FO. The van der Waals surface area contributed by atoms with E-state index < -0.39 is 0 Å². The van der Waals surface area contributed by atoms with Gasteiger partial charge in [-0.25, -0.2) is 4.39 Å². The molecule has 0 heterocycles. The Hall–Kier alpha value is -0.0900. The molecule has 0 unspecified atom stereocenters. The van der Waals surface area contributed by atoms with Crippen LogP contribution in [0.25, 0.3) is 0 Å². The number of benzene rings is 1. The predicted octanol–water partition coefficient (Wildman–Crippen LogP) is 3.92. The Kier molecular flexibility index (Phi) is 4.89. The largest absolute Gasteiger partial charge is 0.492 e. The molecule has 1 aromatic rings. The van der Waals surface area contributed by atoms with Crippen molar-refractivity contribution in [3.8, 4) is 5.75 Å². The van der Waals surface area contributed by atoms with E-state index in [9.17, 15) is 4.39 Å². The molecule has 14 heavy (non-hydrogen) atoms. The van der Waals surface area contributed by atoms with Gasteiger partial charge in [0.05, 0.1) is 11.6 Å². The number of alkyl halides is 1. The van der Waals surface area contributed by atoms with Gasteiger partial charge in [-0.3, -0.25) is 0 Å². The molecule has 0 aliphatic carbocycles. The van der Waals surface area contributed by atoms with Crippen LogP contribution in [0.5, 0.6) is 5.75 Å². The number of hydrogen-bond acceptors (Lipinski definition) is 1. The fraction of sp³-hybridized carbons (Fsp3) is 0.400. The van der Waals surface area contributed by atoms with Gasteiger partial charge in [-0.05, 0) is 46.5 Å².